The van der Waals surface area contributed by atoms with Crippen molar-refractivity contribution in [3.63, 3.8) is 0 Å². The van der Waals surface area contributed by atoms with Crippen LogP contribution in [0.5, 0.6) is 0 Å². The average molecular weight is 424 g/mol. The van der Waals surface area contributed by atoms with E-state index in [-0.39, 0.29) is 46.7 Å². The number of benzene rings is 1. The van der Waals surface area contributed by atoms with Gasteiger partial charge in [0.2, 0.25) is 10.0 Å². The van der Waals surface area contributed by atoms with Crippen molar-refractivity contribution in [2.45, 2.75) is 37.5 Å². The number of carbonyl (C=O) groups is 1. The standard InChI is InChI=1S/C19H22ClN3O4S/c1-13-11-23(12-14(2)27-13)28(25,26)18-9-16(3-4-17(18)20)19(24)22-10-15-5-7-21-8-6-15/h3-9,13-14H,10-12H2,1-2H3,(H,22,24)/t13-,14-/m0/s1. The summed E-state index contributed by atoms with van der Waals surface area (Å²) in [6.45, 7) is 4.43. The molecule has 0 radical (unpaired) electrons. The van der Waals surface area contributed by atoms with Gasteiger partial charge in [0, 0.05) is 37.6 Å². The Labute approximate surface area is 169 Å². The zero-order chi connectivity index (χ0) is 20.3. The Hall–Kier alpha value is -2.00. The second kappa shape index (κ2) is 8.57. The van der Waals surface area contributed by atoms with Crippen molar-refractivity contribution >= 4 is 27.5 Å². The third-order valence-corrected chi connectivity index (χ3v) is 6.71. The van der Waals surface area contributed by atoms with Gasteiger partial charge in [0.15, 0.2) is 0 Å². The van der Waals surface area contributed by atoms with Crippen LogP contribution < -0.4 is 5.32 Å². The molecule has 9 heteroatoms. The van der Waals surface area contributed by atoms with Gasteiger partial charge < -0.3 is 10.1 Å². The lowest BCUT2D eigenvalue weighted by molar-refractivity contribution is -0.0440. The minimum Gasteiger partial charge on any atom is -0.373 e. The lowest BCUT2D eigenvalue weighted by Crippen LogP contribution is -2.48. The summed E-state index contributed by atoms with van der Waals surface area (Å²) in [5.74, 6) is -0.381. The van der Waals surface area contributed by atoms with E-state index in [2.05, 4.69) is 10.3 Å². The normalized spacial score (nSPS) is 20.7. The summed E-state index contributed by atoms with van der Waals surface area (Å²) in [6, 6.07) is 7.85. The number of sulfonamides is 1. The van der Waals surface area contributed by atoms with Gasteiger partial charge in [0.1, 0.15) is 4.90 Å². The van der Waals surface area contributed by atoms with Crippen LogP contribution >= 0.6 is 11.6 Å². The van der Waals surface area contributed by atoms with Crippen LogP contribution in [-0.4, -0.2) is 48.9 Å². The molecule has 0 unspecified atom stereocenters. The summed E-state index contributed by atoms with van der Waals surface area (Å²) in [5.41, 5.74) is 1.12. The van der Waals surface area contributed by atoms with Gasteiger partial charge in [-0.1, -0.05) is 11.6 Å². The first-order valence-corrected chi connectivity index (χ1v) is 10.7. The van der Waals surface area contributed by atoms with E-state index >= 15 is 0 Å². The predicted octanol–water partition coefficient (Wildman–Crippen LogP) is 2.46. The fourth-order valence-corrected chi connectivity index (χ4v) is 5.18. The van der Waals surface area contributed by atoms with Crippen molar-refractivity contribution in [3.05, 3.63) is 58.9 Å². The summed E-state index contributed by atoms with van der Waals surface area (Å²) in [6.07, 6.45) is 2.84. The van der Waals surface area contributed by atoms with Crippen LogP contribution in [0.2, 0.25) is 5.02 Å². The van der Waals surface area contributed by atoms with Crippen LogP contribution in [0, 0.1) is 0 Å². The van der Waals surface area contributed by atoms with Crippen molar-refractivity contribution in [2.75, 3.05) is 13.1 Å². The third kappa shape index (κ3) is 4.70. The molecule has 7 nitrogen and oxygen atoms in total. The Morgan fingerprint density at radius 3 is 2.50 bits per heavy atom. The molecule has 1 aliphatic heterocycles. The summed E-state index contributed by atoms with van der Waals surface area (Å²) in [4.78, 5) is 16.3. The third-order valence-electron chi connectivity index (χ3n) is 4.40. The largest absolute Gasteiger partial charge is 0.373 e. The van der Waals surface area contributed by atoms with Gasteiger partial charge in [0.05, 0.1) is 17.2 Å². The number of pyridine rings is 1. The molecular weight excluding hydrogens is 402 g/mol. The molecule has 1 fully saturated rings. The number of aromatic nitrogens is 1. The highest BCUT2D eigenvalue weighted by atomic mass is 35.5. The first-order chi connectivity index (χ1) is 13.3. The number of halogens is 1. The van der Waals surface area contributed by atoms with Crippen LogP contribution in [0.15, 0.2) is 47.6 Å². The molecule has 1 saturated heterocycles. The molecule has 28 heavy (non-hydrogen) atoms. The number of rotatable bonds is 5. The molecule has 2 atom stereocenters. The van der Waals surface area contributed by atoms with Crippen LogP contribution in [-0.2, 0) is 21.3 Å². The van der Waals surface area contributed by atoms with E-state index < -0.39 is 10.0 Å². The maximum absolute atomic E-state index is 13.1. The van der Waals surface area contributed by atoms with Crippen LogP contribution in [0.1, 0.15) is 29.8 Å². The zero-order valence-electron chi connectivity index (χ0n) is 15.6. The molecular formula is C19H22ClN3O4S. The van der Waals surface area contributed by atoms with Gasteiger partial charge in [0.25, 0.3) is 5.91 Å². The molecule has 1 aliphatic rings. The summed E-state index contributed by atoms with van der Waals surface area (Å²) in [7, 11) is -3.85. The van der Waals surface area contributed by atoms with Crippen molar-refractivity contribution in [2.24, 2.45) is 0 Å². The molecule has 1 aromatic heterocycles. The highest BCUT2D eigenvalue weighted by Crippen LogP contribution is 2.28. The Kier molecular flexibility index (Phi) is 6.34. The van der Waals surface area contributed by atoms with Gasteiger partial charge in [-0.05, 0) is 49.7 Å². The molecule has 1 aromatic carbocycles. The minimum absolute atomic E-state index is 0.0768. The predicted molar refractivity (Wildman–Crippen MR) is 106 cm³/mol. The topological polar surface area (TPSA) is 88.6 Å². The van der Waals surface area contributed by atoms with Crippen LogP contribution in [0.25, 0.3) is 0 Å². The summed E-state index contributed by atoms with van der Waals surface area (Å²) >= 11 is 6.17. The molecule has 0 spiro atoms. The smallest absolute Gasteiger partial charge is 0.251 e. The monoisotopic (exact) mass is 423 g/mol. The zero-order valence-corrected chi connectivity index (χ0v) is 17.2. The Bertz CT molecular complexity index is 943. The number of amides is 1. The molecule has 1 N–H and O–H groups in total. The van der Waals surface area contributed by atoms with Crippen LogP contribution in [0.3, 0.4) is 0 Å². The second-order valence-corrected chi connectivity index (χ2v) is 9.08. The van der Waals surface area contributed by atoms with Gasteiger partial charge in [-0.25, -0.2) is 8.42 Å². The molecule has 150 valence electrons. The van der Waals surface area contributed by atoms with Gasteiger partial charge in [-0.2, -0.15) is 4.31 Å². The highest BCUT2D eigenvalue weighted by Gasteiger charge is 2.33. The fraction of sp³-hybridized carbons (Fsp3) is 0.368. The van der Waals surface area contributed by atoms with Gasteiger partial charge >= 0.3 is 0 Å². The van der Waals surface area contributed by atoms with E-state index in [0.29, 0.717) is 6.54 Å². The fourth-order valence-electron chi connectivity index (χ4n) is 3.09. The van der Waals surface area contributed by atoms with Gasteiger partial charge in [-0.15, -0.1) is 0 Å². The molecule has 1 amide bonds. The SMILES string of the molecule is C[C@H]1CN(S(=O)(=O)c2cc(C(=O)NCc3ccncc3)ccc2Cl)C[C@H](C)O1. The second-order valence-electron chi connectivity index (χ2n) is 6.76. The van der Waals surface area contributed by atoms with E-state index in [9.17, 15) is 13.2 Å². The maximum Gasteiger partial charge on any atom is 0.251 e. The number of morpholine rings is 1. The molecule has 0 saturated carbocycles. The van der Waals surface area contributed by atoms with Crippen molar-refractivity contribution in [3.8, 4) is 0 Å². The molecule has 0 aliphatic carbocycles. The van der Waals surface area contributed by atoms with E-state index in [1.807, 2.05) is 13.8 Å². The maximum atomic E-state index is 13.1. The quantitative estimate of drug-likeness (QED) is 0.798. The summed E-state index contributed by atoms with van der Waals surface area (Å²) in [5, 5.41) is 2.85. The molecule has 3 rings (SSSR count). The number of nitrogens with one attached hydrogen (secondary N) is 1. The molecule has 2 aromatic rings. The van der Waals surface area contributed by atoms with E-state index in [0.717, 1.165) is 5.56 Å². The summed E-state index contributed by atoms with van der Waals surface area (Å²) < 4.78 is 33.2. The van der Waals surface area contributed by atoms with Gasteiger partial charge in [-0.3, -0.25) is 9.78 Å². The van der Waals surface area contributed by atoms with Crippen molar-refractivity contribution in [1.29, 1.82) is 0 Å². The first-order valence-electron chi connectivity index (χ1n) is 8.89. The van der Waals surface area contributed by atoms with Crippen LogP contribution in [0.4, 0.5) is 0 Å². The highest BCUT2D eigenvalue weighted by molar-refractivity contribution is 7.89. The van der Waals surface area contributed by atoms with E-state index in [1.165, 1.54) is 22.5 Å². The van der Waals surface area contributed by atoms with E-state index in [4.69, 9.17) is 16.3 Å². The Morgan fingerprint density at radius 1 is 1.21 bits per heavy atom. The molecule has 0 bridgehead atoms. The van der Waals surface area contributed by atoms with E-state index in [1.54, 1.807) is 24.5 Å². The Balaban J connectivity index is 1.81. The lowest BCUT2D eigenvalue weighted by atomic mass is 10.2. The number of hydrogen-bond acceptors (Lipinski definition) is 5. The number of carbonyl (C=O) groups excluding carboxylic acids is 1. The van der Waals surface area contributed by atoms with Crippen molar-refractivity contribution < 1.29 is 17.9 Å². The molecule has 2 heterocycles. The number of nitrogens with zero attached hydrogens (tertiary/aromatic N) is 2. The lowest BCUT2D eigenvalue weighted by Gasteiger charge is -2.34. The minimum atomic E-state index is -3.85. The number of ether oxygens (including phenoxy) is 1. The van der Waals surface area contributed by atoms with Crippen molar-refractivity contribution in [1.82, 2.24) is 14.6 Å². The first kappa shape index (κ1) is 20.7. The Morgan fingerprint density at radius 2 is 1.86 bits per heavy atom. The number of hydrogen-bond donors (Lipinski definition) is 1. The average Bonchev–Trinajstić information content (AvgIpc) is 2.66.